The number of nitrogens with one attached hydrogen (secondary N) is 1. The first kappa shape index (κ1) is 18.8. The number of aryl methyl sites for hydroxylation is 1. The van der Waals surface area contributed by atoms with E-state index in [0.717, 1.165) is 5.56 Å². The average molecular weight is 414 g/mol. The van der Waals surface area contributed by atoms with Gasteiger partial charge in [-0.2, -0.15) is 10.2 Å². The molecule has 0 aliphatic carbocycles. The molecule has 1 N–H and O–H groups in total. The molecule has 1 aromatic carbocycles. The second-order valence-corrected chi connectivity index (χ2v) is 8.10. The number of nitrogens with zero attached hydrogens (tertiary/aromatic N) is 4. The lowest BCUT2D eigenvalue weighted by atomic mass is 10.2. The molecular formula is C16H17Cl2N5O2S. The molecule has 7 nitrogen and oxygen atoms in total. The summed E-state index contributed by atoms with van der Waals surface area (Å²) in [6.45, 7) is 4.53. The molecule has 10 heteroatoms. The first-order chi connectivity index (χ1) is 12.3. The standard InChI is InChI=1S/C16H17Cl2N5O2S/c1-3-23-11(2)15(8-19-23)26(24,25)21-16-14(18)10-22(20-16)9-12-6-4-5-7-13(12)17/h4-8,10H,3,9H2,1-2H3,(H,20,21). The number of halogens is 2. The zero-order chi connectivity index (χ0) is 18.9. The summed E-state index contributed by atoms with van der Waals surface area (Å²) in [5.74, 6) is 0.0577. The van der Waals surface area contributed by atoms with E-state index in [-0.39, 0.29) is 15.7 Å². The van der Waals surface area contributed by atoms with Crippen LogP contribution in [0.2, 0.25) is 10.0 Å². The number of sulfonamides is 1. The summed E-state index contributed by atoms with van der Waals surface area (Å²) in [6, 6.07) is 7.34. The fourth-order valence-electron chi connectivity index (χ4n) is 2.54. The van der Waals surface area contributed by atoms with E-state index in [1.807, 2.05) is 25.1 Å². The molecule has 0 saturated heterocycles. The van der Waals surface area contributed by atoms with E-state index in [9.17, 15) is 8.42 Å². The van der Waals surface area contributed by atoms with Crippen LogP contribution in [0, 0.1) is 6.92 Å². The first-order valence-electron chi connectivity index (χ1n) is 7.83. The second-order valence-electron chi connectivity index (χ2n) is 5.63. The molecule has 2 heterocycles. The minimum absolute atomic E-state index is 0.0577. The number of hydrogen-bond donors (Lipinski definition) is 1. The third-order valence-corrected chi connectivity index (χ3v) is 5.97. The molecule has 26 heavy (non-hydrogen) atoms. The van der Waals surface area contributed by atoms with E-state index in [4.69, 9.17) is 23.2 Å². The summed E-state index contributed by atoms with van der Waals surface area (Å²) in [5, 5.41) is 9.08. The number of aromatic nitrogens is 4. The van der Waals surface area contributed by atoms with Crippen molar-refractivity contribution in [3.63, 3.8) is 0 Å². The lowest BCUT2D eigenvalue weighted by Gasteiger charge is -2.06. The molecule has 0 aliphatic rings. The van der Waals surface area contributed by atoms with Crippen LogP contribution in [0.1, 0.15) is 18.2 Å². The normalized spacial score (nSPS) is 11.7. The van der Waals surface area contributed by atoms with E-state index < -0.39 is 10.0 Å². The summed E-state index contributed by atoms with van der Waals surface area (Å²) in [4.78, 5) is 0.0936. The predicted octanol–water partition coefficient (Wildman–Crippen LogP) is 3.56. The molecule has 0 bridgehead atoms. The Morgan fingerprint density at radius 2 is 1.92 bits per heavy atom. The largest absolute Gasteiger partial charge is 0.269 e. The second kappa shape index (κ2) is 7.30. The molecule has 138 valence electrons. The minimum Gasteiger partial charge on any atom is -0.269 e. The van der Waals surface area contributed by atoms with Crippen molar-refractivity contribution in [3.8, 4) is 0 Å². The maximum Gasteiger partial charge on any atom is 0.266 e. The van der Waals surface area contributed by atoms with E-state index in [2.05, 4.69) is 14.9 Å². The van der Waals surface area contributed by atoms with E-state index in [1.165, 1.54) is 10.9 Å². The monoisotopic (exact) mass is 413 g/mol. The molecule has 0 amide bonds. The fraction of sp³-hybridized carbons (Fsp3) is 0.250. The van der Waals surface area contributed by atoms with Crippen molar-refractivity contribution in [3.05, 3.63) is 58.0 Å². The third-order valence-electron chi connectivity index (χ3n) is 3.89. The van der Waals surface area contributed by atoms with Gasteiger partial charge in [-0.3, -0.25) is 14.1 Å². The van der Waals surface area contributed by atoms with Crippen molar-refractivity contribution < 1.29 is 8.42 Å². The van der Waals surface area contributed by atoms with Crippen LogP contribution >= 0.6 is 23.2 Å². The number of anilines is 1. The van der Waals surface area contributed by atoms with Gasteiger partial charge in [0.25, 0.3) is 10.0 Å². The Labute approximate surface area is 161 Å². The number of rotatable bonds is 6. The molecule has 0 unspecified atom stereocenters. The van der Waals surface area contributed by atoms with Gasteiger partial charge in [0.1, 0.15) is 9.92 Å². The van der Waals surface area contributed by atoms with Gasteiger partial charge in [-0.1, -0.05) is 41.4 Å². The smallest absolute Gasteiger partial charge is 0.266 e. The van der Waals surface area contributed by atoms with Crippen LogP contribution < -0.4 is 4.72 Å². The highest BCUT2D eigenvalue weighted by Crippen LogP contribution is 2.25. The van der Waals surface area contributed by atoms with Gasteiger partial charge in [0, 0.05) is 17.8 Å². The highest BCUT2D eigenvalue weighted by atomic mass is 35.5. The highest BCUT2D eigenvalue weighted by Gasteiger charge is 2.23. The minimum atomic E-state index is -3.84. The molecule has 0 saturated carbocycles. The van der Waals surface area contributed by atoms with E-state index in [0.29, 0.717) is 23.8 Å². The Balaban J connectivity index is 1.85. The number of hydrogen-bond acceptors (Lipinski definition) is 4. The molecule has 2 aromatic heterocycles. The van der Waals surface area contributed by atoms with E-state index >= 15 is 0 Å². The van der Waals surface area contributed by atoms with Crippen molar-refractivity contribution in [1.29, 1.82) is 0 Å². The quantitative estimate of drug-likeness (QED) is 0.669. The molecule has 0 fully saturated rings. The zero-order valence-electron chi connectivity index (χ0n) is 14.1. The third kappa shape index (κ3) is 3.72. The average Bonchev–Trinajstić information content (AvgIpc) is 3.12. The number of benzene rings is 1. The Morgan fingerprint density at radius 1 is 1.19 bits per heavy atom. The maximum atomic E-state index is 12.6. The van der Waals surface area contributed by atoms with E-state index in [1.54, 1.807) is 23.9 Å². The SMILES string of the molecule is CCn1ncc(S(=O)(=O)Nc2nn(Cc3ccccc3Cl)cc2Cl)c1C. The van der Waals surface area contributed by atoms with Crippen molar-refractivity contribution in [2.24, 2.45) is 0 Å². The summed E-state index contributed by atoms with van der Waals surface area (Å²) in [5.41, 5.74) is 1.40. The topological polar surface area (TPSA) is 81.8 Å². The summed E-state index contributed by atoms with van der Waals surface area (Å²) >= 11 is 12.3. The van der Waals surface area contributed by atoms with Gasteiger partial charge in [0.05, 0.1) is 18.4 Å². The van der Waals surface area contributed by atoms with Gasteiger partial charge in [0.15, 0.2) is 5.82 Å². The molecule has 0 aliphatic heterocycles. The van der Waals surface area contributed by atoms with Gasteiger partial charge in [0.2, 0.25) is 0 Å². The Kier molecular flexibility index (Phi) is 5.27. The highest BCUT2D eigenvalue weighted by molar-refractivity contribution is 7.92. The zero-order valence-corrected chi connectivity index (χ0v) is 16.5. The van der Waals surface area contributed by atoms with Crippen LogP contribution in [0.3, 0.4) is 0 Å². The Morgan fingerprint density at radius 3 is 2.58 bits per heavy atom. The van der Waals surface area contributed by atoms with Gasteiger partial charge >= 0.3 is 0 Å². The van der Waals surface area contributed by atoms with Crippen LogP contribution in [0.5, 0.6) is 0 Å². The molecule has 0 atom stereocenters. The predicted molar refractivity (Wildman–Crippen MR) is 101 cm³/mol. The van der Waals surface area contributed by atoms with Crippen LogP contribution in [-0.2, 0) is 23.1 Å². The van der Waals surface area contributed by atoms with Crippen LogP contribution in [-0.4, -0.2) is 28.0 Å². The van der Waals surface area contributed by atoms with Crippen molar-refractivity contribution in [1.82, 2.24) is 19.6 Å². The molecule has 3 aromatic rings. The summed E-state index contributed by atoms with van der Waals surface area (Å²) < 4.78 is 30.8. The lowest BCUT2D eigenvalue weighted by molar-refractivity contribution is 0.598. The van der Waals surface area contributed by atoms with Gasteiger partial charge in [-0.05, 0) is 25.5 Å². The van der Waals surface area contributed by atoms with Crippen LogP contribution in [0.25, 0.3) is 0 Å². The molecule has 0 radical (unpaired) electrons. The van der Waals surface area contributed by atoms with Crippen LogP contribution in [0.4, 0.5) is 5.82 Å². The van der Waals surface area contributed by atoms with Crippen molar-refractivity contribution in [2.75, 3.05) is 4.72 Å². The summed E-state index contributed by atoms with van der Waals surface area (Å²) in [6.07, 6.45) is 2.86. The molecular weight excluding hydrogens is 397 g/mol. The lowest BCUT2D eigenvalue weighted by Crippen LogP contribution is -2.15. The van der Waals surface area contributed by atoms with Gasteiger partial charge in [-0.25, -0.2) is 8.42 Å². The Bertz CT molecular complexity index is 1040. The Hall–Kier alpha value is -2.03. The fourth-order valence-corrected chi connectivity index (χ4v) is 4.19. The maximum absolute atomic E-state index is 12.6. The van der Waals surface area contributed by atoms with Crippen molar-refractivity contribution in [2.45, 2.75) is 31.8 Å². The molecule has 0 spiro atoms. The summed E-state index contributed by atoms with van der Waals surface area (Å²) in [7, 11) is -3.84. The first-order valence-corrected chi connectivity index (χ1v) is 10.1. The van der Waals surface area contributed by atoms with Crippen molar-refractivity contribution >= 4 is 39.0 Å². The van der Waals surface area contributed by atoms with Gasteiger partial charge < -0.3 is 0 Å². The van der Waals surface area contributed by atoms with Gasteiger partial charge in [-0.15, -0.1) is 0 Å². The van der Waals surface area contributed by atoms with Crippen LogP contribution in [0.15, 0.2) is 41.6 Å². The molecule has 3 rings (SSSR count).